The van der Waals surface area contributed by atoms with Gasteiger partial charge in [-0.25, -0.2) is 4.79 Å². The Labute approximate surface area is 136 Å². The number of esters is 1. The molecule has 0 aliphatic carbocycles. The van der Waals surface area contributed by atoms with Crippen molar-refractivity contribution in [3.05, 3.63) is 35.9 Å². The fourth-order valence-electron chi connectivity index (χ4n) is 2.09. The van der Waals surface area contributed by atoms with Crippen LogP contribution < -0.4 is 5.32 Å². The van der Waals surface area contributed by atoms with Gasteiger partial charge in [-0.2, -0.15) is 0 Å². The van der Waals surface area contributed by atoms with Crippen molar-refractivity contribution in [1.82, 2.24) is 5.32 Å². The van der Waals surface area contributed by atoms with Crippen LogP contribution in [0.2, 0.25) is 0 Å². The quantitative estimate of drug-likeness (QED) is 0.752. The Morgan fingerprint density at radius 3 is 2.39 bits per heavy atom. The third-order valence-corrected chi connectivity index (χ3v) is 3.57. The van der Waals surface area contributed by atoms with Gasteiger partial charge in [-0.15, -0.1) is 0 Å². The topological polar surface area (TPSA) is 84.9 Å². The maximum atomic E-state index is 11.9. The van der Waals surface area contributed by atoms with Gasteiger partial charge < -0.3 is 19.9 Å². The van der Waals surface area contributed by atoms with Crippen molar-refractivity contribution in [2.75, 3.05) is 6.61 Å². The van der Waals surface area contributed by atoms with Gasteiger partial charge in [-0.05, 0) is 33.3 Å². The predicted molar refractivity (Wildman–Crippen MR) is 85.6 cm³/mol. The summed E-state index contributed by atoms with van der Waals surface area (Å²) >= 11 is 0. The van der Waals surface area contributed by atoms with E-state index in [1.807, 2.05) is 30.3 Å². The number of hydrogen-bond acceptors (Lipinski definition) is 5. The van der Waals surface area contributed by atoms with Crippen LogP contribution in [0.25, 0.3) is 0 Å². The van der Waals surface area contributed by atoms with E-state index in [1.54, 1.807) is 27.7 Å². The van der Waals surface area contributed by atoms with Gasteiger partial charge in [0.25, 0.3) is 0 Å². The Morgan fingerprint density at radius 2 is 1.83 bits per heavy atom. The fraction of sp³-hybridized carbons (Fsp3) is 0.529. The maximum absolute atomic E-state index is 11.9. The lowest BCUT2D eigenvalue weighted by Crippen LogP contribution is -2.51. The van der Waals surface area contributed by atoms with Gasteiger partial charge in [0.05, 0.1) is 24.2 Å². The Bertz CT molecular complexity index is 515. The molecule has 2 unspecified atom stereocenters. The summed E-state index contributed by atoms with van der Waals surface area (Å²) in [6.07, 6.45) is -1.76. The first-order valence-corrected chi connectivity index (χ1v) is 7.61. The fourth-order valence-corrected chi connectivity index (χ4v) is 2.09. The summed E-state index contributed by atoms with van der Waals surface area (Å²) in [6, 6.07) is 8.60. The molecule has 1 aromatic carbocycles. The molecule has 0 radical (unpaired) electrons. The second-order valence-corrected chi connectivity index (χ2v) is 5.88. The van der Waals surface area contributed by atoms with Crippen LogP contribution in [0.1, 0.15) is 33.3 Å². The van der Waals surface area contributed by atoms with Crippen LogP contribution in [0, 0.1) is 5.41 Å². The molecular formula is C17H25NO5. The summed E-state index contributed by atoms with van der Waals surface area (Å²) in [4.78, 5) is 23.7. The first-order valence-electron chi connectivity index (χ1n) is 7.61. The molecule has 6 nitrogen and oxygen atoms in total. The molecule has 0 aromatic heterocycles. The molecule has 23 heavy (non-hydrogen) atoms. The summed E-state index contributed by atoms with van der Waals surface area (Å²) in [5, 5.41) is 12.8. The minimum Gasteiger partial charge on any atom is -0.466 e. The third-order valence-electron chi connectivity index (χ3n) is 3.57. The Kier molecular flexibility index (Phi) is 7.03. The number of aliphatic hydroxyl groups is 1. The van der Waals surface area contributed by atoms with Crippen molar-refractivity contribution in [3.8, 4) is 0 Å². The highest BCUT2D eigenvalue weighted by Gasteiger charge is 2.40. The van der Waals surface area contributed by atoms with Crippen molar-refractivity contribution in [2.24, 2.45) is 5.41 Å². The lowest BCUT2D eigenvalue weighted by molar-refractivity contribution is -0.161. The Balaban J connectivity index is 2.52. The molecule has 2 atom stereocenters. The highest BCUT2D eigenvalue weighted by Crippen LogP contribution is 2.25. The van der Waals surface area contributed by atoms with E-state index in [0.29, 0.717) is 0 Å². The van der Waals surface area contributed by atoms with Crippen molar-refractivity contribution >= 4 is 12.1 Å². The van der Waals surface area contributed by atoms with E-state index in [0.717, 1.165) is 5.56 Å². The molecule has 0 heterocycles. The molecule has 128 valence electrons. The minimum atomic E-state index is -1.14. The third kappa shape index (κ3) is 5.56. The second kappa shape index (κ2) is 8.53. The van der Waals surface area contributed by atoms with E-state index in [9.17, 15) is 14.7 Å². The van der Waals surface area contributed by atoms with E-state index in [4.69, 9.17) is 9.47 Å². The molecule has 0 saturated heterocycles. The smallest absolute Gasteiger partial charge is 0.407 e. The zero-order valence-corrected chi connectivity index (χ0v) is 14.0. The summed E-state index contributed by atoms with van der Waals surface area (Å²) in [6.45, 7) is 6.82. The summed E-state index contributed by atoms with van der Waals surface area (Å²) < 4.78 is 10.0. The van der Waals surface area contributed by atoms with Crippen LogP contribution >= 0.6 is 0 Å². The molecule has 0 fully saturated rings. The van der Waals surface area contributed by atoms with Crippen molar-refractivity contribution in [2.45, 2.75) is 46.4 Å². The molecule has 1 amide bonds. The number of rotatable bonds is 7. The van der Waals surface area contributed by atoms with Gasteiger partial charge in [-0.3, -0.25) is 4.79 Å². The van der Waals surface area contributed by atoms with Crippen molar-refractivity contribution in [1.29, 1.82) is 0 Å². The van der Waals surface area contributed by atoms with Crippen LogP contribution in [0.5, 0.6) is 0 Å². The van der Waals surface area contributed by atoms with Crippen molar-refractivity contribution in [3.63, 3.8) is 0 Å². The molecule has 0 spiro atoms. The van der Waals surface area contributed by atoms with Crippen LogP contribution in [-0.4, -0.2) is 35.9 Å². The predicted octanol–water partition coefficient (Wildman–Crippen LogP) is 2.25. The van der Waals surface area contributed by atoms with Crippen LogP contribution in [0.3, 0.4) is 0 Å². The molecule has 2 N–H and O–H groups in total. The van der Waals surface area contributed by atoms with Gasteiger partial charge >= 0.3 is 12.1 Å². The largest absolute Gasteiger partial charge is 0.466 e. The number of carbonyl (C=O) groups is 2. The van der Waals surface area contributed by atoms with E-state index in [1.165, 1.54) is 0 Å². The number of benzene rings is 1. The highest BCUT2D eigenvalue weighted by atomic mass is 16.5. The zero-order valence-electron chi connectivity index (χ0n) is 14.0. The van der Waals surface area contributed by atoms with Gasteiger partial charge in [0.1, 0.15) is 6.61 Å². The second-order valence-electron chi connectivity index (χ2n) is 5.88. The molecule has 0 aliphatic rings. The van der Waals surface area contributed by atoms with Crippen LogP contribution in [0.15, 0.2) is 30.3 Å². The number of hydrogen-bond donors (Lipinski definition) is 2. The number of amides is 1. The normalized spacial score (nSPS) is 13.8. The monoisotopic (exact) mass is 323 g/mol. The summed E-state index contributed by atoms with van der Waals surface area (Å²) in [5.74, 6) is -0.515. The number of ether oxygens (including phenoxy) is 2. The number of alkyl carbamates (subject to hydrolysis) is 1. The standard InChI is InChI=1S/C17H25NO5/c1-5-22-15(20)17(3,4)14(19)12(2)18-16(21)23-11-13-9-7-6-8-10-13/h6-10,12,14,19H,5,11H2,1-4H3,(H,18,21). The highest BCUT2D eigenvalue weighted by molar-refractivity contribution is 5.77. The Hall–Kier alpha value is -2.08. The van der Waals surface area contributed by atoms with E-state index in [-0.39, 0.29) is 13.2 Å². The average Bonchev–Trinajstić information content (AvgIpc) is 2.53. The molecule has 0 aliphatic heterocycles. The van der Waals surface area contributed by atoms with Crippen LogP contribution in [-0.2, 0) is 20.9 Å². The van der Waals surface area contributed by atoms with Gasteiger partial charge in [0.2, 0.25) is 0 Å². The van der Waals surface area contributed by atoms with E-state index in [2.05, 4.69) is 5.32 Å². The van der Waals surface area contributed by atoms with Gasteiger partial charge in [-0.1, -0.05) is 30.3 Å². The summed E-state index contributed by atoms with van der Waals surface area (Å²) in [5.41, 5.74) is -0.273. The van der Waals surface area contributed by atoms with Gasteiger partial charge in [0, 0.05) is 0 Å². The lowest BCUT2D eigenvalue weighted by Gasteiger charge is -2.32. The van der Waals surface area contributed by atoms with E-state index < -0.39 is 29.6 Å². The number of aliphatic hydroxyl groups excluding tert-OH is 1. The molecule has 1 rings (SSSR count). The maximum Gasteiger partial charge on any atom is 0.407 e. The number of nitrogens with one attached hydrogen (secondary N) is 1. The molecular weight excluding hydrogens is 298 g/mol. The SMILES string of the molecule is CCOC(=O)C(C)(C)C(O)C(C)NC(=O)OCc1ccccc1. The molecule has 1 aromatic rings. The first kappa shape index (κ1) is 19.0. The molecule has 0 bridgehead atoms. The van der Waals surface area contributed by atoms with Crippen LogP contribution in [0.4, 0.5) is 4.79 Å². The van der Waals surface area contributed by atoms with Crippen molar-refractivity contribution < 1.29 is 24.2 Å². The summed E-state index contributed by atoms with van der Waals surface area (Å²) in [7, 11) is 0. The molecule has 6 heteroatoms. The molecule has 0 saturated carbocycles. The van der Waals surface area contributed by atoms with Gasteiger partial charge in [0.15, 0.2) is 0 Å². The number of carbonyl (C=O) groups excluding carboxylic acids is 2. The Morgan fingerprint density at radius 1 is 1.22 bits per heavy atom. The minimum absolute atomic E-state index is 0.136. The first-order chi connectivity index (χ1) is 10.8. The lowest BCUT2D eigenvalue weighted by atomic mass is 9.83. The van der Waals surface area contributed by atoms with E-state index >= 15 is 0 Å². The zero-order chi connectivity index (χ0) is 17.5. The average molecular weight is 323 g/mol.